The predicted octanol–water partition coefficient (Wildman–Crippen LogP) is 1.15. The molecule has 0 amide bonds. The van der Waals surface area contributed by atoms with E-state index in [0.717, 1.165) is 44.2 Å². The van der Waals surface area contributed by atoms with E-state index in [1.54, 1.807) is 11.3 Å². The SMILES string of the molecule is O=C(O)C1(CN2CCN(c3nccs3)CC2)CCCOC1. The van der Waals surface area contributed by atoms with Crippen LogP contribution in [0.4, 0.5) is 5.13 Å². The Bertz CT molecular complexity index is 466. The van der Waals surface area contributed by atoms with Gasteiger partial charge in [0.05, 0.1) is 6.61 Å². The Kier molecular flexibility index (Phi) is 4.42. The maximum atomic E-state index is 11.7. The fraction of sp³-hybridized carbons (Fsp3) is 0.714. The van der Waals surface area contributed by atoms with Crippen molar-refractivity contribution < 1.29 is 14.6 Å². The lowest BCUT2D eigenvalue weighted by Gasteiger charge is -2.41. The second-order valence-electron chi connectivity index (χ2n) is 5.82. The number of carbonyl (C=O) groups is 1. The summed E-state index contributed by atoms with van der Waals surface area (Å²) in [7, 11) is 0. The van der Waals surface area contributed by atoms with Crippen molar-refractivity contribution in [3.8, 4) is 0 Å². The molecule has 116 valence electrons. The third-order valence-corrected chi connectivity index (χ3v) is 5.20. The number of hydrogen-bond donors (Lipinski definition) is 1. The number of piperazine rings is 1. The smallest absolute Gasteiger partial charge is 0.313 e. The molecule has 1 aromatic rings. The van der Waals surface area contributed by atoms with E-state index in [2.05, 4.69) is 14.8 Å². The molecule has 2 aliphatic rings. The minimum Gasteiger partial charge on any atom is -0.481 e. The molecule has 7 heteroatoms. The largest absolute Gasteiger partial charge is 0.481 e. The van der Waals surface area contributed by atoms with Gasteiger partial charge in [-0.25, -0.2) is 4.98 Å². The Labute approximate surface area is 128 Å². The van der Waals surface area contributed by atoms with Crippen molar-refractivity contribution >= 4 is 22.4 Å². The van der Waals surface area contributed by atoms with Crippen LogP contribution in [0.25, 0.3) is 0 Å². The van der Waals surface area contributed by atoms with Gasteiger partial charge in [-0.05, 0) is 12.8 Å². The molecule has 0 aromatic carbocycles. The van der Waals surface area contributed by atoms with E-state index in [4.69, 9.17) is 4.74 Å². The lowest BCUT2D eigenvalue weighted by atomic mass is 9.82. The molecule has 6 nitrogen and oxygen atoms in total. The van der Waals surface area contributed by atoms with Crippen LogP contribution in [0.2, 0.25) is 0 Å². The Balaban J connectivity index is 1.57. The highest BCUT2D eigenvalue weighted by Gasteiger charge is 2.42. The van der Waals surface area contributed by atoms with Crippen molar-refractivity contribution in [1.29, 1.82) is 0 Å². The van der Waals surface area contributed by atoms with E-state index in [-0.39, 0.29) is 0 Å². The van der Waals surface area contributed by atoms with Gasteiger partial charge < -0.3 is 14.7 Å². The first-order valence-electron chi connectivity index (χ1n) is 7.38. The zero-order valence-corrected chi connectivity index (χ0v) is 12.8. The lowest BCUT2D eigenvalue weighted by Crippen LogP contribution is -2.54. The molecule has 1 aromatic heterocycles. The van der Waals surface area contributed by atoms with E-state index in [9.17, 15) is 9.90 Å². The summed E-state index contributed by atoms with van der Waals surface area (Å²) in [6.45, 7) is 5.20. The van der Waals surface area contributed by atoms with Gasteiger partial charge >= 0.3 is 5.97 Å². The zero-order valence-electron chi connectivity index (χ0n) is 12.0. The molecule has 2 aliphatic heterocycles. The van der Waals surface area contributed by atoms with Gasteiger partial charge in [0.25, 0.3) is 0 Å². The van der Waals surface area contributed by atoms with Crippen molar-refractivity contribution in [2.45, 2.75) is 12.8 Å². The summed E-state index contributed by atoms with van der Waals surface area (Å²) in [6, 6.07) is 0. The van der Waals surface area contributed by atoms with Gasteiger partial charge in [-0.2, -0.15) is 0 Å². The maximum absolute atomic E-state index is 11.7. The fourth-order valence-electron chi connectivity index (χ4n) is 3.11. The van der Waals surface area contributed by atoms with E-state index < -0.39 is 11.4 Å². The Hall–Kier alpha value is -1.18. The summed E-state index contributed by atoms with van der Waals surface area (Å²) in [5.74, 6) is -0.718. The lowest BCUT2D eigenvalue weighted by molar-refractivity contribution is -0.159. The van der Waals surface area contributed by atoms with Gasteiger partial charge in [0.1, 0.15) is 5.41 Å². The fourth-order valence-corrected chi connectivity index (χ4v) is 3.81. The third-order valence-electron chi connectivity index (χ3n) is 4.36. The molecular formula is C14H21N3O3S. The number of anilines is 1. The number of nitrogens with zero attached hydrogens (tertiary/aromatic N) is 3. The highest BCUT2D eigenvalue weighted by molar-refractivity contribution is 7.13. The number of ether oxygens (including phenoxy) is 1. The van der Waals surface area contributed by atoms with E-state index in [1.165, 1.54) is 0 Å². The minimum absolute atomic E-state index is 0.342. The first-order valence-corrected chi connectivity index (χ1v) is 8.26. The first kappa shape index (κ1) is 14.7. The van der Waals surface area contributed by atoms with Crippen LogP contribution in [0.1, 0.15) is 12.8 Å². The van der Waals surface area contributed by atoms with Crippen molar-refractivity contribution in [1.82, 2.24) is 9.88 Å². The molecule has 1 atom stereocenters. The quantitative estimate of drug-likeness (QED) is 0.900. The van der Waals surface area contributed by atoms with Gasteiger partial charge in [0.2, 0.25) is 0 Å². The van der Waals surface area contributed by atoms with E-state index >= 15 is 0 Å². The van der Waals surface area contributed by atoms with Crippen LogP contribution in [0.5, 0.6) is 0 Å². The second-order valence-corrected chi connectivity index (χ2v) is 6.69. The monoisotopic (exact) mass is 311 g/mol. The Morgan fingerprint density at radius 1 is 1.43 bits per heavy atom. The first-order chi connectivity index (χ1) is 10.2. The van der Waals surface area contributed by atoms with Crippen molar-refractivity contribution in [2.24, 2.45) is 5.41 Å². The average molecular weight is 311 g/mol. The third kappa shape index (κ3) is 3.20. The van der Waals surface area contributed by atoms with Gasteiger partial charge in [0, 0.05) is 50.9 Å². The Morgan fingerprint density at radius 2 is 2.24 bits per heavy atom. The summed E-state index contributed by atoms with van der Waals surface area (Å²) in [5, 5.41) is 12.6. The van der Waals surface area contributed by atoms with Crippen LogP contribution in [0, 0.1) is 5.41 Å². The van der Waals surface area contributed by atoms with Crippen molar-refractivity contribution in [3.05, 3.63) is 11.6 Å². The molecule has 0 bridgehead atoms. The molecule has 3 heterocycles. The van der Waals surface area contributed by atoms with Gasteiger partial charge in [-0.3, -0.25) is 9.69 Å². The van der Waals surface area contributed by atoms with Crippen molar-refractivity contribution in [2.75, 3.05) is 50.8 Å². The van der Waals surface area contributed by atoms with Crippen LogP contribution in [-0.4, -0.2) is 66.9 Å². The molecule has 1 N–H and O–H groups in total. The average Bonchev–Trinajstić information content (AvgIpc) is 3.03. The van der Waals surface area contributed by atoms with Crippen LogP contribution in [0.3, 0.4) is 0 Å². The summed E-state index contributed by atoms with van der Waals surface area (Å²) in [6.07, 6.45) is 3.38. The normalized spacial score (nSPS) is 27.7. The number of aliphatic carboxylic acids is 1. The molecule has 1 unspecified atom stereocenters. The minimum atomic E-state index is -0.721. The molecule has 0 radical (unpaired) electrons. The van der Waals surface area contributed by atoms with Gasteiger partial charge in [-0.15, -0.1) is 11.3 Å². The molecule has 3 rings (SSSR count). The Morgan fingerprint density at radius 3 is 2.81 bits per heavy atom. The molecule has 21 heavy (non-hydrogen) atoms. The molecule has 0 spiro atoms. The highest BCUT2D eigenvalue weighted by atomic mass is 32.1. The topological polar surface area (TPSA) is 65.9 Å². The van der Waals surface area contributed by atoms with Crippen LogP contribution < -0.4 is 4.90 Å². The number of aromatic nitrogens is 1. The predicted molar refractivity (Wildman–Crippen MR) is 80.9 cm³/mol. The molecule has 2 fully saturated rings. The summed E-state index contributed by atoms with van der Waals surface area (Å²) in [5.41, 5.74) is -0.721. The molecular weight excluding hydrogens is 290 g/mol. The maximum Gasteiger partial charge on any atom is 0.313 e. The summed E-state index contributed by atoms with van der Waals surface area (Å²) >= 11 is 1.65. The zero-order chi connectivity index (χ0) is 14.7. The molecule has 2 saturated heterocycles. The highest BCUT2D eigenvalue weighted by Crippen LogP contribution is 2.31. The number of thiazole rings is 1. The van der Waals surface area contributed by atoms with E-state index in [0.29, 0.717) is 19.8 Å². The summed E-state index contributed by atoms with van der Waals surface area (Å²) < 4.78 is 5.44. The van der Waals surface area contributed by atoms with Gasteiger partial charge in [0.15, 0.2) is 5.13 Å². The van der Waals surface area contributed by atoms with Crippen LogP contribution in [0.15, 0.2) is 11.6 Å². The van der Waals surface area contributed by atoms with Crippen LogP contribution >= 0.6 is 11.3 Å². The van der Waals surface area contributed by atoms with E-state index in [1.807, 2.05) is 11.6 Å². The van der Waals surface area contributed by atoms with Crippen molar-refractivity contribution in [3.63, 3.8) is 0 Å². The molecule has 0 aliphatic carbocycles. The number of rotatable bonds is 4. The molecule has 0 saturated carbocycles. The number of carboxylic acids is 1. The van der Waals surface area contributed by atoms with Gasteiger partial charge in [-0.1, -0.05) is 0 Å². The van der Waals surface area contributed by atoms with Crippen LogP contribution in [-0.2, 0) is 9.53 Å². The second kappa shape index (κ2) is 6.29. The number of carboxylic acid groups (broad SMARTS) is 1. The number of hydrogen-bond acceptors (Lipinski definition) is 6. The standard InChI is InChI=1S/C14H21N3O3S/c18-12(19)14(2-1-8-20-11-14)10-16-4-6-17(7-5-16)13-15-3-9-21-13/h3,9H,1-2,4-8,10-11H2,(H,18,19). The summed E-state index contributed by atoms with van der Waals surface area (Å²) in [4.78, 5) is 20.5.